The zero-order valence-electron chi connectivity index (χ0n) is 15.4. The molecule has 1 amide bonds. The maximum atomic E-state index is 13.9. The molecule has 1 saturated heterocycles. The Bertz CT molecular complexity index is 1060. The van der Waals surface area contributed by atoms with Crippen LogP contribution in [0.4, 0.5) is 8.78 Å². The van der Waals surface area contributed by atoms with E-state index in [2.05, 4.69) is 5.32 Å². The summed E-state index contributed by atoms with van der Waals surface area (Å²) >= 11 is 0. The van der Waals surface area contributed by atoms with E-state index in [-0.39, 0.29) is 16.0 Å². The largest absolute Gasteiger partial charge is 0.332 e. The molecular formula is C20H19F2N3O3S. The molecular weight excluding hydrogens is 400 g/mol. The first kappa shape index (κ1) is 20.9. The Morgan fingerprint density at radius 3 is 2.48 bits per heavy atom. The Labute approximate surface area is 167 Å². The van der Waals surface area contributed by atoms with Gasteiger partial charge >= 0.3 is 0 Å². The molecule has 3 rings (SSSR count). The van der Waals surface area contributed by atoms with Crippen LogP contribution >= 0.6 is 0 Å². The summed E-state index contributed by atoms with van der Waals surface area (Å²) in [6.07, 6.45) is 2.54. The Kier molecular flexibility index (Phi) is 6.25. The molecule has 1 N–H and O–H groups in total. The average molecular weight is 419 g/mol. The van der Waals surface area contributed by atoms with Gasteiger partial charge in [0.25, 0.3) is 5.91 Å². The van der Waals surface area contributed by atoms with E-state index in [0.717, 1.165) is 31.4 Å². The van der Waals surface area contributed by atoms with Crippen LogP contribution in [0.25, 0.3) is 0 Å². The molecule has 1 aliphatic rings. The van der Waals surface area contributed by atoms with Crippen molar-refractivity contribution in [2.24, 2.45) is 0 Å². The first-order valence-corrected chi connectivity index (χ1v) is 10.5. The highest BCUT2D eigenvalue weighted by Crippen LogP contribution is 2.22. The average Bonchev–Trinajstić information content (AvgIpc) is 2.73. The van der Waals surface area contributed by atoms with Crippen LogP contribution in [0.15, 0.2) is 47.4 Å². The van der Waals surface area contributed by atoms with Crippen LogP contribution in [0, 0.1) is 23.0 Å². The van der Waals surface area contributed by atoms with Gasteiger partial charge in [-0.15, -0.1) is 0 Å². The summed E-state index contributed by atoms with van der Waals surface area (Å²) in [5, 5.41) is 11.6. The second-order valence-electron chi connectivity index (χ2n) is 6.69. The van der Waals surface area contributed by atoms with Gasteiger partial charge in [0.05, 0.1) is 11.0 Å². The Hall–Kier alpha value is -2.83. The minimum Gasteiger partial charge on any atom is -0.332 e. The van der Waals surface area contributed by atoms with Crippen molar-refractivity contribution in [2.75, 3.05) is 13.1 Å². The molecule has 152 valence electrons. The van der Waals surface area contributed by atoms with E-state index in [1.807, 2.05) is 0 Å². The third kappa shape index (κ3) is 4.60. The summed E-state index contributed by atoms with van der Waals surface area (Å²) in [5.41, 5.74) is -0.162. The lowest BCUT2D eigenvalue weighted by molar-refractivity contribution is 0.0944. The minimum absolute atomic E-state index is 0.0193. The van der Waals surface area contributed by atoms with Crippen LogP contribution < -0.4 is 5.32 Å². The molecule has 6 nitrogen and oxygen atoms in total. The number of nitrogens with one attached hydrogen (secondary N) is 1. The van der Waals surface area contributed by atoms with Crippen LogP contribution in [0.2, 0.25) is 0 Å². The normalized spacial score (nSPS) is 16.0. The van der Waals surface area contributed by atoms with Crippen molar-refractivity contribution in [2.45, 2.75) is 30.2 Å². The van der Waals surface area contributed by atoms with Crippen LogP contribution in [-0.4, -0.2) is 31.7 Å². The fraction of sp³-hybridized carbons (Fsp3) is 0.300. The zero-order chi connectivity index (χ0) is 21.0. The number of amides is 1. The van der Waals surface area contributed by atoms with Crippen molar-refractivity contribution < 1.29 is 22.0 Å². The summed E-state index contributed by atoms with van der Waals surface area (Å²) in [7, 11) is -3.73. The summed E-state index contributed by atoms with van der Waals surface area (Å²) < 4.78 is 54.0. The van der Waals surface area contributed by atoms with Crippen molar-refractivity contribution in [3.8, 4) is 6.07 Å². The number of sulfonamides is 1. The maximum absolute atomic E-state index is 13.9. The number of hydrogen-bond acceptors (Lipinski definition) is 4. The standard InChI is InChI=1S/C20H19F2N3O3S/c21-15-7-8-17(18(22)12-15)19(13-23)24-20(26)14-5-4-6-16(11-14)29(27,28)25-9-2-1-3-10-25/h4-8,11-12,19H,1-3,9-10H2,(H,24,26). The Morgan fingerprint density at radius 1 is 1.10 bits per heavy atom. The van der Waals surface area contributed by atoms with Gasteiger partial charge in [-0.05, 0) is 37.1 Å². The lowest BCUT2D eigenvalue weighted by atomic mass is 10.1. The van der Waals surface area contributed by atoms with Crippen LogP contribution in [0.3, 0.4) is 0 Å². The number of halogens is 2. The summed E-state index contributed by atoms with van der Waals surface area (Å²) in [5.74, 6) is -2.50. The van der Waals surface area contributed by atoms with E-state index in [0.29, 0.717) is 19.2 Å². The van der Waals surface area contributed by atoms with Crippen LogP contribution in [0.5, 0.6) is 0 Å². The SMILES string of the molecule is N#CC(NC(=O)c1cccc(S(=O)(=O)N2CCCCC2)c1)c1ccc(F)cc1F. The molecule has 0 bridgehead atoms. The number of hydrogen-bond donors (Lipinski definition) is 1. The van der Waals surface area contributed by atoms with Gasteiger partial charge in [-0.3, -0.25) is 4.79 Å². The van der Waals surface area contributed by atoms with Gasteiger partial charge in [0, 0.05) is 30.3 Å². The number of carbonyl (C=O) groups is 1. The number of piperidine rings is 1. The first-order chi connectivity index (χ1) is 13.8. The van der Waals surface area contributed by atoms with Gasteiger partial charge in [-0.25, -0.2) is 17.2 Å². The highest BCUT2D eigenvalue weighted by molar-refractivity contribution is 7.89. The summed E-state index contributed by atoms with van der Waals surface area (Å²) in [4.78, 5) is 12.5. The van der Waals surface area contributed by atoms with E-state index in [1.54, 1.807) is 6.07 Å². The fourth-order valence-electron chi connectivity index (χ4n) is 3.18. The van der Waals surface area contributed by atoms with Gasteiger partial charge in [0.15, 0.2) is 0 Å². The quantitative estimate of drug-likeness (QED) is 0.806. The van der Waals surface area contributed by atoms with Crippen molar-refractivity contribution in [1.29, 1.82) is 5.26 Å². The molecule has 1 aliphatic heterocycles. The molecule has 2 aromatic carbocycles. The number of nitrogens with zero attached hydrogens (tertiary/aromatic N) is 2. The third-order valence-electron chi connectivity index (χ3n) is 4.73. The predicted octanol–water partition coefficient (Wildman–Crippen LogP) is 3.13. The molecule has 1 fully saturated rings. The van der Waals surface area contributed by atoms with Crippen molar-refractivity contribution in [1.82, 2.24) is 9.62 Å². The molecule has 0 spiro atoms. The van der Waals surface area contributed by atoms with E-state index < -0.39 is 33.6 Å². The van der Waals surface area contributed by atoms with Gasteiger partial charge in [0.2, 0.25) is 10.0 Å². The zero-order valence-corrected chi connectivity index (χ0v) is 16.3. The molecule has 0 aromatic heterocycles. The number of rotatable bonds is 5. The Morgan fingerprint density at radius 2 is 1.83 bits per heavy atom. The van der Waals surface area contributed by atoms with E-state index >= 15 is 0 Å². The van der Waals surface area contributed by atoms with Gasteiger partial charge in [-0.1, -0.05) is 18.6 Å². The maximum Gasteiger partial charge on any atom is 0.252 e. The van der Waals surface area contributed by atoms with Gasteiger partial charge in [-0.2, -0.15) is 9.57 Å². The summed E-state index contributed by atoms with van der Waals surface area (Å²) in [6.45, 7) is 0.859. The van der Waals surface area contributed by atoms with E-state index in [1.165, 1.54) is 28.6 Å². The molecule has 29 heavy (non-hydrogen) atoms. The van der Waals surface area contributed by atoms with Crippen molar-refractivity contribution in [3.63, 3.8) is 0 Å². The first-order valence-electron chi connectivity index (χ1n) is 9.08. The lowest BCUT2D eigenvalue weighted by Gasteiger charge is -2.26. The van der Waals surface area contributed by atoms with Crippen molar-refractivity contribution in [3.05, 3.63) is 65.2 Å². The third-order valence-corrected chi connectivity index (χ3v) is 6.62. The Balaban J connectivity index is 1.82. The second-order valence-corrected chi connectivity index (χ2v) is 8.63. The lowest BCUT2D eigenvalue weighted by Crippen LogP contribution is -2.35. The van der Waals surface area contributed by atoms with E-state index in [4.69, 9.17) is 0 Å². The van der Waals surface area contributed by atoms with Gasteiger partial charge < -0.3 is 5.32 Å². The number of benzene rings is 2. The molecule has 0 aliphatic carbocycles. The molecule has 1 atom stereocenters. The van der Waals surface area contributed by atoms with E-state index in [9.17, 15) is 27.3 Å². The van der Waals surface area contributed by atoms with Crippen LogP contribution in [-0.2, 0) is 10.0 Å². The molecule has 9 heteroatoms. The highest BCUT2D eigenvalue weighted by Gasteiger charge is 2.27. The molecule has 0 radical (unpaired) electrons. The fourth-order valence-corrected chi connectivity index (χ4v) is 4.75. The summed E-state index contributed by atoms with van der Waals surface area (Å²) in [6, 6.07) is 8.56. The van der Waals surface area contributed by atoms with Gasteiger partial charge in [0.1, 0.15) is 17.7 Å². The number of carbonyl (C=O) groups excluding carboxylic acids is 1. The number of nitriles is 1. The van der Waals surface area contributed by atoms with Crippen LogP contribution in [0.1, 0.15) is 41.2 Å². The molecule has 1 heterocycles. The van der Waals surface area contributed by atoms with Crippen molar-refractivity contribution >= 4 is 15.9 Å². The molecule has 0 saturated carbocycles. The topological polar surface area (TPSA) is 90.3 Å². The minimum atomic E-state index is -3.73. The predicted molar refractivity (Wildman–Crippen MR) is 101 cm³/mol. The monoisotopic (exact) mass is 419 g/mol. The smallest absolute Gasteiger partial charge is 0.252 e. The molecule has 2 aromatic rings. The second kappa shape index (κ2) is 8.68. The molecule has 1 unspecified atom stereocenters. The highest BCUT2D eigenvalue weighted by atomic mass is 32.2.